The van der Waals surface area contributed by atoms with Crippen molar-refractivity contribution in [3.05, 3.63) is 29.3 Å². The number of nitrogens with zero attached hydrogens (tertiary/aromatic N) is 2. The zero-order valence-corrected chi connectivity index (χ0v) is 19.9. The van der Waals surface area contributed by atoms with Crippen molar-refractivity contribution in [2.24, 2.45) is 10.9 Å². The summed E-state index contributed by atoms with van der Waals surface area (Å²) in [5.74, 6) is 2.48. The number of ether oxygens (including phenoxy) is 1. The van der Waals surface area contributed by atoms with E-state index in [0.29, 0.717) is 18.5 Å². The van der Waals surface area contributed by atoms with Crippen molar-refractivity contribution >= 4 is 29.9 Å². The minimum atomic E-state index is 0. The van der Waals surface area contributed by atoms with Gasteiger partial charge >= 0.3 is 0 Å². The maximum absolute atomic E-state index is 5.49. The molecule has 1 unspecified atom stereocenters. The first-order chi connectivity index (χ1) is 12.5. The van der Waals surface area contributed by atoms with Crippen LogP contribution >= 0.6 is 24.0 Å². The predicted octanol–water partition coefficient (Wildman–Crippen LogP) is 3.80. The molecule has 0 aromatic heterocycles. The highest BCUT2D eigenvalue weighted by atomic mass is 127. The van der Waals surface area contributed by atoms with E-state index in [0.717, 1.165) is 30.4 Å². The topological polar surface area (TPSA) is 48.9 Å². The molecular formula is C21H37IN4O. The molecule has 1 heterocycles. The Hall–Kier alpha value is -1.02. The standard InChI is InChI=1S/C21H36N4O.HI/c1-6-22-21(23-13-18-8-7-11-25(15-18)16(2)3)24-14-19-10-9-17(4)12-20(19)26-5;/h9-10,12,16,18H,6-8,11,13-15H2,1-5H3,(H2,22,23,24);1H. The van der Waals surface area contributed by atoms with Gasteiger partial charge in [-0.05, 0) is 64.6 Å². The fourth-order valence-electron chi connectivity index (χ4n) is 3.46. The molecule has 5 nitrogen and oxygen atoms in total. The Morgan fingerprint density at radius 3 is 2.78 bits per heavy atom. The number of hydrogen-bond donors (Lipinski definition) is 2. The monoisotopic (exact) mass is 488 g/mol. The van der Waals surface area contributed by atoms with E-state index >= 15 is 0 Å². The van der Waals surface area contributed by atoms with Gasteiger partial charge in [-0.3, -0.25) is 0 Å². The van der Waals surface area contributed by atoms with Gasteiger partial charge in [-0.25, -0.2) is 4.99 Å². The van der Waals surface area contributed by atoms with Crippen molar-refractivity contribution in [2.75, 3.05) is 33.3 Å². The molecule has 1 atom stereocenters. The number of methoxy groups -OCH3 is 1. The Labute approximate surface area is 182 Å². The van der Waals surface area contributed by atoms with E-state index in [1.807, 2.05) is 0 Å². The number of piperidine rings is 1. The maximum atomic E-state index is 5.49. The molecule has 2 N–H and O–H groups in total. The van der Waals surface area contributed by atoms with Gasteiger partial charge in [0.1, 0.15) is 5.75 Å². The Balaban J connectivity index is 0.00000364. The summed E-state index contributed by atoms with van der Waals surface area (Å²) < 4.78 is 5.49. The van der Waals surface area contributed by atoms with Gasteiger partial charge in [-0.2, -0.15) is 0 Å². The molecule has 1 saturated heterocycles. The molecule has 0 saturated carbocycles. The molecule has 2 rings (SSSR count). The van der Waals surface area contributed by atoms with Crippen LogP contribution in [-0.4, -0.2) is 50.2 Å². The number of hydrogen-bond acceptors (Lipinski definition) is 3. The molecular weight excluding hydrogens is 451 g/mol. The highest BCUT2D eigenvalue weighted by Gasteiger charge is 2.21. The Morgan fingerprint density at radius 1 is 1.33 bits per heavy atom. The lowest BCUT2D eigenvalue weighted by molar-refractivity contribution is 0.141. The van der Waals surface area contributed by atoms with Crippen LogP contribution in [0.4, 0.5) is 0 Å². The second-order valence-electron chi connectivity index (χ2n) is 7.49. The summed E-state index contributed by atoms with van der Waals surface area (Å²) in [7, 11) is 1.72. The van der Waals surface area contributed by atoms with Crippen LogP contribution in [0.25, 0.3) is 0 Å². The summed E-state index contributed by atoms with van der Waals surface area (Å²) in [4.78, 5) is 7.34. The molecule has 1 aliphatic rings. The van der Waals surface area contributed by atoms with Crippen molar-refractivity contribution in [1.82, 2.24) is 15.5 Å². The minimum Gasteiger partial charge on any atom is -0.496 e. The molecule has 0 aliphatic carbocycles. The van der Waals surface area contributed by atoms with E-state index in [1.165, 1.54) is 31.5 Å². The molecule has 1 aliphatic heterocycles. The zero-order chi connectivity index (χ0) is 18.9. The summed E-state index contributed by atoms with van der Waals surface area (Å²) >= 11 is 0. The predicted molar refractivity (Wildman–Crippen MR) is 125 cm³/mol. The molecule has 0 spiro atoms. The van der Waals surface area contributed by atoms with Gasteiger partial charge < -0.3 is 20.3 Å². The van der Waals surface area contributed by atoms with Gasteiger partial charge in [0.2, 0.25) is 0 Å². The summed E-state index contributed by atoms with van der Waals surface area (Å²) in [6, 6.07) is 6.90. The number of halogens is 1. The zero-order valence-electron chi connectivity index (χ0n) is 17.5. The molecule has 6 heteroatoms. The maximum Gasteiger partial charge on any atom is 0.191 e. The lowest BCUT2D eigenvalue weighted by Crippen LogP contribution is -2.46. The van der Waals surface area contributed by atoms with Gasteiger partial charge in [0.15, 0.2) is 5.96 Å². The molecule has 154 valence electrons. The first-order valence-corrected chi connectivity index (χ1v) is 9.93. The Kier molecular flexibility index (Phi) is 11.1. The highest BCUT2D eigenvalue weighted by molar-refractivity contribution is 14.0. The summed E-state index contributed by atoms with van der Waals surface area (Å²) in [6.07, 6.45) is 2.58. The number of benzene rings is 1. The molecule has 27 heavy (non-hydrogen) atoms. The third kappa shape index (κ3) is 7.86. The first-order valence-electron chi connectivity index (χ1n) is 9.93. The lowest BCUT2D eigenvalue weighted by atomic mass is 9.97. The van der Waals surface area contributed by atoms with E-state index in [-0.39, 0.29) is 24.0 Å². The van der Waals surface area contributed by atoms with Crippen molar-refractivity contribution in [2.45, 2.75) is 53.1 Å². The van der Waals surface area contributed by atoms with Gasteiger partial charge in [0.25, 0.3) is 0 Å². The number of guanidine groups is 1. The SMILES string of the molecule is CCNC(=NCc1ccc(C)cc1OC)NCC1CCCN(C(C)C)C1.I. The lowest BCUT2D eigenvalue weighted by Gasteiger charge is -2.35. The van der Waals surface area contributed by atoms with Crippen molar-refractivity contribution in [1.29, 1.82) is 0 Å². The van der Waals surface area contributed by atoms with Crippen LogP contribution in [0.1, 0.15) is 44.7 Å². The smallest absolute Gasteiger partial charge is 0.191 e. The van der Waals surface area contributed by atoms with Crippen LogP contribution < -0.4 is 15.4 Å². The van der Waals surface area contributed by atoms with Gasteiger partial charge in [-0.1, -0.05) is 12.1 Å². The van der Waals surface area contributed by atoms with Crippen LogP contribution in [0.15, 0.2) is 23.2 Å². The van der Waals surface area contributed by atoms with Crippen molar-refractivity contribution in [3.63, 3.8) is 0 Å². The van der Waals surface area contributed by atoms with Crippen molar-refractivity contribution in [3.8, 4) is 5.75 Å². The van der Waals surface area contributed by atoms with Crippen LogP contribution in [0.3, 0.4) is 0 Å². The summed E-state index contributed by atoms with van der Waals surface area (Å²) in [5, 5.41) is 6.90. The number of likely N-dealkylation sites (tertiary alicyclic amines) is 1. The Bertz CT molecular complexity index is 592. The van der Waals surface area contributed by atoms with Crippen LogP contribution in [0.5, 0.6) is 5.75 Å². The van der Waals surface area contributed by atoms with Gasteiger partial charge in [0.05, 0.1) is 13.7 Å². The minimum absolute atomic E-state index is 0. The van der Waals surface area contributed by atoms with Crippen LogP contribution in [0.2, 0.25) is 0 Å². The quantitative estimate of drug-likeness (QED) is 0.348. The van der Waals surface area contributed by atoms with Crippen molar-refractivity contribution < 1.29 is 4.74 Å². The van der Waals surface area contributed by atoms with E-state index < -0.39 is 0 Å². The van der Waals surface area contributed by atoms with E-state index in [2.05, 4.69) is 61.4 Å². The van der Waals surface area contributed by atoms with E-state index in [1.54, 1.807) is 7.11 Å². The number of aliphatic imine (C=N–C) groups is 1. The molecule has 0 bridgehead atoms. The summed E-state index contributed by atoms with van der Waals surface area (Å²) in [6.45, 7) is 13.6. The Morgan fingerprint density at radius 2 is 2.11 bits per heavy atom. The second kappa shape index (κ2) is 12.4. The van der Waals surface area contributed by atoms with Crippen LogP contribution in [-0.2, 0) is 6.54 Å². The van der Waals surface area contributed by atoms with Crippen LogP contribution in [0, 0.1) is 12.8 Å². The fraction of sp³-hybridized carbons (Fsp3) is 0.667. The summed E-state index contributed by atoms with van der Waals surface area (Å²) in [5.41, 5.74) is 2.31. The average Bonchev–Trinajstić information content (AvgIpc) is 2.64. The molecule has 0 amide bonds. The normalized spacial score (nSPS) is 18.1. The molecule has 0 radical (unpaired) electrons. The largest absolute Gasteiger partial charge is 0.496 e. The number of aryl methyl sites for hydroxylation is 1. The number of rotatable bonds is 7. The highest BCUT2D eigenvalue weighted by Crippen LogP contribution is 2.21. The first kappa shape index (κ1) is 24.0. The fourth-order valence-corrected chi connectivity index (χ4v) is 3.46. The molecule has 1 aromatic carbocycles. The molecule has 1 aromatic rings. The second-order valence-corrected chi connectivity index (χ2v) is 7.49. The van der Waals surface area contributed by atoms with Gasteiger partial charge in [0, 0.05) is 31.2 Å². The third-order valence-electron chi connectivity index (χ3n) is 5.03. The van der Waals surface area contributed by atoms with Gasteiger partial charge in [-0.15, -0.1) is 24.0 Å². The number of nitrogens with one attached hydrogen (secondary N) is 2. The van der Waals surface area contributed by atoms with E-state index in [9.17, 15) is 0 Å². The third-order valence-corrected chi connectivity index (χ3v) is 5.03. The average molecular weight is 488 g/mol. The molecule has 1 fully saturated rings. The van der Waals surface area contributed by atoms with E-state index in [4.69, 9.17) is 9.73 Å².